The second-order valence-electron chi connectivity index (χ2n) is 6.33. The lowest BCUT2D eigenvalue weighted by molar-refractivity contribution is -0.101. The van der Waals surface area contributed by atoms with Crippen molar-refractivity contribution in [1.82, 2.24) is 4.98 Å². The van der Waals surface area contributed by atoms with E-state index in [1.807, 2.05) is 6.20 Å². The fourth-order valence-electron chi connectivity index (χ4n) is 3.53. The molecule has 1 spiro atoms. The van der Waals surface area contributed by atoms with Crippen LogP contribution in [0.15, 0.2) is 12.3 Å². The van der Waals surface area contributed by atoms with Gasteiger partial charge in [0.25, 0.3) is 0 Å². The molecule has 0 aromatic carbocycles. The zero-order valence-corrected chi connectivity index (χ0v) is 12.4. The van der Waals surface area contributed by atoms with Gasteiger partial charge in [0.05, 0.1) is 23.9 Å². The molecule has 3 heterocycles. The Labute approximate surface area is 120 Å². The Balaban J connectivity index is 1.77. The Bertz CT molecular complexity index is 483. The summed E-state index contributed by atoms with van der Waals surface area (Å²) in [5.74, 6) is 0.430. The molecule has 2 fully saturated rings. The lowest BCUT2D eigenvalue weighted by Gasteiger charge is -2.39. The highest BCUT2D eigenvalue weighted by Gasteiger charge is 2.42. The molecule has 0 saturated carbocycles. The quantitative estimate of drug-likeness (QED) is 0.900. The van der Waals surface area contributed by atoms with Gasteiger partial charge in [-0.2, -0.15) is 0 Å². The SMILES string of the molecule is Cc1cnc(C(N)C2CCOC3(CCOC3)C2)c(C)c1. The number of aryl methyl sites for hydroxylation is 2. The molecule has 0 radical (unpaired) electrons. The van der Waals surface area contributed by atoms with Crippen LogP contribution in [0.4, 0.5) is 0 Å². The molecule has 3 rings (SSSR count). The van der Waals surface area contributed by atoms with Crippen molar-refractivity contribution in [3.8, 4) is 0 Å². The van der Waals surface area contributed by atoms with Crippen molar-refractivity contribution in [2.75, 3.05) is 19.8 Å². The first kappa shape index (κ1) is 14.0. The van der Waals surface area contributed by atoms with Gasteiger partial charge >= 0.3 is 0 Å². The van der Waals surface area contributed by atoms with Crippen molar-refractivity contribution in [3.05, 3.63) is 29.1 Å². The van der Waals surface area contributed by atoms with Crippen LogP contribution in [0.1, 0.15) is 42.1 Å². The molecule has 2 N–H and O–H groups in total. The van der Waals surface area contributed by atoms with Gasteiger partial charge in [0, 0.05) is 25.8 Å². The van der Waals surface area contributed by atoms with Crippen LogP contribution < -0.4 is 5.73 Å². The van der Waals surface area contributed by atoms with E-state index in [9.17, 15) is 0 Å². The van der Waals surface area contributed by atoms with Crippen molar-refractivity contribution in [2.45, 2.75) is 44.8 Å². The van der Waals surface area contributed by atoms with Gasteiger partial charge in [-0.15, -0.1) is 0 Å². The Morgan fingerprint density at radius 1 is 1.40 bits per heavy atom. The predicted molar refractivity (Wildman–Crippen MR) is 77.5 cm³/mol. The number of nitrogens with two attached hydrogens (primary N) is 1. The van der Waals surface area contributed by atoms with Gasteiger partial charge < -0.3 is 15.2 Å². The minimum absolute atomic E-state index is 0.00280. The fourth-order valence-corrected chi connectivity index (χ4v) is 3.53. The van der Waals surface area contributed by atoms with Crippen molar-refractivity contribution < 1.29 is 9.47 Å². The standard InChI is InChI=1S/C16H24N2O2/c1-11-7-12(2)15(18-9-11)14(17)13-3-5-20-16(8-13)4-6-19-10-16/h7,9,13-14H,3-6,8,10,17H2,1-2H3. The first-order valence-corrected chi connectivity index (χ1v) is 7.50. The summed E-state index contributed by atoms with van der Waals surface area (Å²) in [6, 6.07) is 2.16. The Kier molecular flexibility index (Phi) is 3.80. The first-order valence-electron chi connectivity index (χ1n) is 7.50. The van der Waals surface area contributed by atoms with Crippen molar-refractivity contribution in [2.24, 2.45) is 11.7 Å². The average Bonchev–Trinajstić information content (AvgIpc) is 2.86. The van der Waals surface area contributed by atoms with E-state index in [4.69, 9.17) is 15.2 Å². The smallest absolute Gasteiger partial charge is 0.0940 e. The van der Waals surface area contributed by atoms with E-state index in [1.54, 1.807) is 0 Å². The Morgan fingerprint density at radius 3 is 2.95 bits per heavy atom. The molecule has 0 amide bonds. The number of ether oxygens (including phenoxy) is 2. The van der Waals surface area contributed by atoms with E-state index in [-0.39, 0.29) is 11.6 Å². The van der Waals surface area contributed by atoms with E-state index >= 15 is 0 Å². The third-order valence-corrected chi connectivity index (χ3v) is 4.68. The van der Waals surface area contributed by atoms with E-state index < -0.39 is 0 Å². The average molecular weight is 276 g/mol. The molecule has 110 valence electrons. The number of pyridine rings is 1. The van der Waals surface area contributed by atoms with Gasteiger partial charge in [0.15, 0.2) is 0 Å². The number of hydrogen-bond donors (Lipinski definition) is 1. The van der Waals surface area contributed by atoms with E-state index in [1.165, 1.54) is 11.1 Å². The maximum atomic E-state index is 6.51. The van der Waals surface area contributed by atoms with E-state index in [0.717, 1.165) is 44.8 Å². The van der Waals surface area contributed by atoms with Gasteiger partial charge in [0.1, 0.15) is 0 Å². The molecule has 4 heteroatoms. The molecule has 2 aliphatic heterocycles. The molecular weight excluding hydrogens is 252 g/mol. The van der Waals surface area contributed by atoms with E-state index in [0.29, 0.717) is 5.92 Å². The van der Waals surface area contributed by atoms with Crippen LogP contribution in [0.3, 0.4) is 0 Å². The Hall–Kier alpha value is -0.970. The molecule has 4 nitrogen and oxygen atoms in total. The molecule has 3 atom stereocenters. The molecule has 20 heavy (non-hydrogen) atoms. The monoisotopic (exact) mass is 276 g/mol. The van der Waals surface area contributed by atoms with Gasteiger partial charge in [-0.1, -0.05) is 6.07 Å². The summed E-state index contributed by atoms with van der Waals surface area (Å²) in [6.45, 7) is 6.48. The van der Waals surface area contributed by atoms with Crippen LogP contribution in [0.5, 0.6) is 0 Å². The lowest BCUT2D eigenvalue weighted by atomic mass is 9.80. The zero-order valence-electron chi connectivity index (χ0n) is 12.4. The van der Waals surface area contributed by atoms with E-state index in [2.05, 4.69) is 24.9 Å². The molecule has 0 bridgehead atoms. The number of hydrogen-bond acceptors (Lipinski definition) is 4. The summed E-state index contributed by atoms with van der Waals surface area (Å²) in [5, 5.41) is 0. The molecule has 2 saturated heterocycles. The minimum Gasteiger partial charge on any atom is -0.378 e. The molecule has 2 aliphatic rings. The minimum atomic E-state index is -0.0842. The van der Waals surface area contributed by atoms with Crippen molar-refractivity contribution in [1.29, 1.82) is 0 Å². The fraction of sp³-hybridized carbons (Fsp3) is 0.688. The zero-order chi connectivity index (χ0) is 14.2. The normalized spacial score (nSPS) is 31.6. The second kappa shape index (κ2) is 5.43. The third-order valence-electron chi connectivity index (χ3n) is 4.68. The first-order chi connectivity index (χ1) is 9.60. The summed E-state index contributed by atoms with van der Waals surface area (Å²) >= 11 is 0. The van der Waals surface area contributed by atoms with Gasteiger partial charge in [-0.25, -0.2) is 0 Å². The van der Waals surface area contributed by atoms with Crippen LogP contribution >= 0.6 is 0 Å². The van der Waals surface area contributed by atoms with Gasteiger partial charge in [-0.3, -0.25) is 4.98 Å². The van der Waals surface area contributed by atoms with Crippen LogP contribution in [-0.4, -0.2) is 30.4 Å². The maximum absolute atomic E-state index is 6.51. The lowest BCUT2D eigenvalue weighted by Crippen LogP contribution is -2.43. The maximum Gasteiger partial charge on any atom is 0.0940 e. The van der Waals surface area contributed by atoms with Crippen LogP contribution in [-0.2, 0) is 9.47 Å². The van der Waals surface area contributed by atoms with Gasteiger partial charge in [-0.05, 0) is 43.7 Å². The van der Waals surface area contributed by atoms with Crippen molar-refractivity contribution in [3.63, 3.8) is 0 Å². The summed E-state index contributed by atoms with van der Waals surface area (Å²) in [7, 11) is 0. The highest BCUT2D eigenvalue weighted by molar-refractivity contribution is 5.26. The van der Waals surface area contributed by atoms with Crippen LogP contribution in [0, 0.1) is 19.8 Å². The number of rotatable bonds is 2. The highest BCUT2D eigenvalue weighted by atomic mass is 16.6. The number of nitrogens with zero attached hydrogens (tertiary/aromatic N) is 1. The topological polar surface area (TPSA) is 57.4 Å². The molecule has 1 aromatic rings. The molecule has 0 aliphatic carbocycles. The molecule has 1 aromatic heterocycles. The number of aromatic nitrogens is 1. The summed E-state index contributed by atoms with van der Waals surface area (Å²) in [6.07, 6.45) is 4.91. The van der Waals surface area contributed by atoms with Gasteiger partial charge in [0.2, 0.25) is 0 Å². The predicted octanol–water partition coefficient (Wildman–Crippen LogP) is 2.28. The summed E-state index contributed by atoms with van der Waals surface area (Å²) in [4.78, 5) is 4.57. The summed E-state index contributed by atoms with van der Waals surface area (Å²) < 4.78 is 11.5. The molecular formula is C16H24N2O2. The molecule has 3 unspecified atom stereocenters. The summed E-state index contributed by atoms with van der Waals surface area (Å²) in [5.41, 5.74) is 9.85. The third kappa shape index (κ3) is 2.60. The highest BCUT2D eigenvalue weighted by Crippen LogP contribution is 2.40. The second-order valence-corrected chi connectivity index (χ2v) is 6.33. The largest absolute Gasteiger partial charge is 0.378 e. The van der Waals surface area contributed by atoms with Crippen LogP contribution in [0.2, 0.25) is 0 Å². The Morgan fingerprint density at radius 2 is 2.25 bits per heavy atom. The van der Waals surface area contributed by atoms with Crippen molar-refractivity contribution >= 4 is 0 Å². The van der Waals surface area contributed by atoms with Crippen LogP contribution in [0.25, 0.3) is 0 Å².